The number of methoxy groups -OCH3 is 1. The van der Waals surface area contributed by atoms with Gasteiger partial charge in [0.1, 0.15) is 22.7 Å². The maximum absolute atomic E-state index is 11.4. The van der Waals surface area contributed by atoms with Gasteiger partial charge in [0.25, 0.3) is 0 Å². The number of phenolic OH excluding ortho intramolecular Hbond substituents is 1. The Balaban J connectivity index is 2.49. The molecule has 90 valence electrons. The molecule has 0 atom stereocenters. The van der Waals surface area contributed by atoms with E-state index in [0.717, 1.165) is 5.56 Å². The Labute approximate surface area is 99.5 Å². The summed E-state index contributed by atoms with van der Waals surface area (Å²) in [7, 11) is 1.27. The Bertz CT molecular complexity index is 500. The molecule has 17 heavy (non-hydrogen) atoms. The Kier molecular flexibility index (Phi) is 2.58. The molecular formula is C13H14O4. The highest BCUT2D eigenvalue weighted by Crippen LogP contribution is 2.35. The van der Waals surface area contributed by atoms with Gasteiger partial charge in [-0.05, 0) is 26.0 Å². The fraction of sp³-hybridized carbons (Fsp3) is 0.308. The van der Waals surface area contributed by atoms with Crippen LogP contribution >= 0.6 is 0 Å². The maximum atomic E-state index is 11.4. The summed E-state index contributed by atoms with van der Waals surface area (Å²) in [6.07, 6.45) is 3.76. The third-order valence-corrected chi connectivity index (χ3v) is 2.57. The van der Waals surface area contributed by atoms with Crippen molar-refractivity contribution in [3.05, 3.63) is 29.3 Å². The van der Waals surface area contributed by atoms with E-state index in [2.05, 4.69) is 4.74 Å². The average molecular weight is 234 g/mol. The van der Waals surface area contributed by atoms with Crippen LogP contribution in [0, 0.1) is 0 Å². The van der Waals surface area contributed by atoms with Gasteiger partial charge in [0, 0.05) is 11.6 Å². The van der Waals surface area contributed by atoms with Crippen molar-refractivity contribution in [3.63, 3.8) is 0 Å². The SMILES string of the molecule is COC(=O)c1cc2c(cc1O)OC(C)(C)C=C2. The number of fused-ring (bicyclic) bond motifs is 1. The first-order valence-corrected chi connectivity index (χ1v) is 5.26. The highest BCUT2D eigenvalue weighted by molar-refractivity contribution is 5.93. The van der Waals surface area contributed by atoms with Gasteiger partial charge in [-0.1, -0.05) is 6.08 Å². The third kappa shape index (κ3) is 2.11. The molecule has 1 heterocycles. The van der Waals surface area contributed by atoms with E-state index in [1.54, 1.807) is 6.07 Å². The fourth-order valence-electron chi connectivity index (χ4n) is 1.69. The number of rotatable bonds is 1. The Hall–Kier alpha value is -1.97. The first-order valence-electron chi connectivity index (χ1n) is 5.26. The van der Waals surface area contributed by atoms with E-state index < -0.39 is 11.6 Å². The summed E-state index contributed by atoms with van der Waals surface area (Å²) in [6.45, 7) is 3.83. The van der Waals surface area contributed by atoms with Gasteiger partial charge >= 0.3 is 5.97 Å². The van der Waals surface area contributed by atoms with Crippen molar-refractivity contribution in [2.75, 3.05) is 7.11 Å². The highest BCUT2D eigenvalue weighted by Gasteiger charge is 2.24. The zero-order valence-corrected chi connectivity index (χ0v) is 9.98. The fourth-order valence-corrected chi connectivity index (χ4v) is 1.69. The highest BCUT2D eigenvalue weighted by atomic mass is 16.5. The summed E-state index contributed by atoms with van der Waals surface area (Å²) >= 11 is 0. The lowest BCUT2D eigenvalue weighted by molar-refractivity contribution is 0.0597. The molecule has 0 fully saturated rings. The Morgan fingerprint density at radius 2 is 2.12 bits per heavy atom. The van der Waals surface area contributed by atoms with Gasteiger partial charge in [-0.2, -0.15) is 0 Å². The molecular weight excluding hydrogens is 220 g/mol. The summed E-state index contributed by atoms with van der Waals surface area (Å²) in [5.41, 5.74) is 0.480. The van der Waals surface area contributed by atoms with Gasteiger partial charge in [-0.25, -0.2) is 4.79 Å². The van der Waals surface area contributed by atoms with Crippen LogP contribution in [0.5, 0.6) is 11.5 Å². The van der Waals surface area contributed by atoms with Gasteiger partial charge in [-0.15, -0.1) is 0 Å². The quantitative estimate of drug-likeness (QED) is 0.758. The number of carbonyl (C=O) groups is 1. The molecule has 0 saturated carbocycles. The first-order chi connectivity index (χ1) is 7.93. The van der Waals surface area contributed by atoms with Crippen LogP contribution < -0.4 is 4.74 Å². The van der Waals surface area contributed by atoms with Crippen molar-refractivity contribution in [2.24, 2.45) is 0 Å². The number of ether oxygens (including phenoxy) is 2. The molecule has 0 aliphatic carbocycles. The van der Waals surface area contributed by atoms with Crippen LogP contribution in [0.25, 0.3) is 6.08 Å². The van der Waals surface area contributed by atoms with Crippen LogP contribution in [0.3, 0.4) is 0 Å². The van der Waals surface area contributed by atoms with Crippen LogP contribution in [0.4, 0.5) is 0 Å². The molecule has 1 aromatic rings. The minimum atomic E-state index is -0.566. The minimum absolute atomic E-state index is 0.137. The molecule has 4 nitrogen and oxygen atoms in total. The van der Waals surface area contributed by atoms with Crippen LogP contribution in [0.2, 0.25) is 0 Å². The molecule has 0 aromatic heterocycles. The number of hydrogen-bond donors (Lipinski definition) is 1. The summed E-state index contributed by atoms with van der Waals surface area (Å²) in [5, 5.41) is 9.73. The van der Waals surface area contributed by atoms with E-state index in [1.165, 1.54) is 13.2 Å². The lowest BCUT2D eigenvalue weighted by atomic mass is 10.0. The topological polar surface area (TPSA) is 55.8 Å². The molecule has 0 bridgehead atoms. The van der Waals surface area contributed by atoms with Gasteiger partial charge < -0.3 is 14.6 Å². The molecule has 4 heteroatoms. The smallest absolute Gasteiger partial charge is 0.341 e. The van der Waals surface area contributed by atoms with Crippen molar-refractivity contribution in [1.82, 2.24) is 0 Å². The second kappa shape index (κ2) is 3.80. The molecule has 0 amide bonds. The van der Waals surface area contributed by atoms with Crippen molar-refractivity contribution < 1.29 is 19.4 Å². The van der Waals surface area contributed by atoms with Crippen LogP contribution in [-0.4, -0.2) is 23.8 Å². The van der Waals surface area contributed by atoms with Crippen LogP contribution in [-0.2, 0) is 4.74 Å². The second-order valence-corrected chi connectivity index (χ2v) is 4.44. The van der Waals surface area contributed by atoms with Crippen molar-refractivity contribution in [2.45, 2.75) is 19.4 Å². The van der Waals surface area contributed by atoms with E-state index >= 15 is 0 Å². The first kappa shape index (κ1) is 11.5. The number of carbonyl (C=O) groups excluding carboxylic acids is 1. The standard InChI is InChI=1S/C13H14O4/c1-13(2)5-4-8-6-9(12(15)16-3)10(14)7-11(8)17-13/h4-7,14H,1-3H3. The molecule has 0 saturated heterocycles. The van der Waals surface area contributed by atoms with E-state index in [9.17, 15) is 9.90 Å². The summed E-state index contributed by atoms with van der Waals surface area (Å²) in [4.78, 5) is 11.4. The summed E-state index contributed by atoms with van der Waals surface area (Å²) in [5.74, 6) is -0.145. The zero-order chi connectivity index (χ0) is 12.6. The number of aromatic hydroxyl groups is 1. The Morgan fingerprint density at radius 1 is 1.41 bits per heavy atom. The van der Waals surface area contributed by atoms with Crippen molar-refractivity contribution >= 4 is 12.0 Å². The number of phenols is 1. The molecule has 0 unspecified atom stereocenters. The predicted octanol–water partition coefficient (Wildman–Crippen LogP) is 2.36. The zero-order valence-electron chi connectivity index (χ0n) is 9.98. The molecule has 1 aromatic carbocycles. The normalized spacial score (nSPS) is 15.9. The lowest BCUT2D eigenvalue weighted by Crippen LogP contribution is -2.27. The molecule has 0 radical (unpaired) electrons. The van der Waals surface area contributed by atoms with E-state index in [1.807, 2.05) is 26.0 Å². The minimum Gasteiger partial charge on any atom is -0.507 e. The maximum Gasteiger partial charge on any atom is 0.341 e. The second-order valence-electron chi connectivity index (χ2n) is 4.44. The summed E-state index contributed by atoms with van der Waals surface area (Å²) < 4.78 is 10.3. The number of esters is 1. The van der Waals surface area contributed by atoms with Crippen molar-refractivity contribution in [1.29, 1.82) is 0 Å². The molecule has 0 spiro atoms. The van der Waals surface area contributed by atoms with Gasteiger partial charge in [-0.3, -0.25) is 0 Å². The van der Waals surface area contributed by atoms with E-state index in [-0.39, 0.29) is 11.3 Å². The largest absolute Gasteiger partial charge is 0.507 e. The molecule has 1 aliphatic rings. The summed E-state index contributed by atoms with van der Waals surface area (Å²) in [6, 6.07) is 3.00. The molecule has 1 N–H and O–H groups in total. The molecule has 2 rings (SSSR count). The lowest BCUT2D eigenvalue weighted by Gasteiger charge is -2.28. The monoisotopic (exact) mass is 234 g/mol. The van der Waals surface area contributed by atoms with Gasteiger partial charge in [0.2, 0.25) is 0 Å². The van der Waals surface area contributed by atoms with Gasteiger partial charge in [0.05, 0.1) is 7.11 Å². The van der Waals surface area contributed by atoms with Crippen LogP contribution in [0.1, 0.15) is 29.8 Å². The Morgan fingerprint density at radius 3 is 2.76 bits per heavy atom. The van der Waals surface area contributed by atoms with E-state index in [0.29, 0.717) is 5.75 Å². The number of hydrogen-bond acceptors (Lipinski definition) is 4. The number of benzene rings is 1. The van der Waals surface area contributed by atoms with E-state index in [4.69, 9.17) is 4.74 Å². The van der Waals surface area contributed by atoms with Crippen molar-refractivity contribution in [3.8, 4) is 11.5 Å². The predicted molar refractivity (Wildman–Crippen MR) is 63.2 cm³/mol. The van der Waals surface area contributed by atoms with Crippen LogP contribution in [0.15, 0.2) is 18.2 Å². The van der Waals surface area contributed by atoms with Gasteiger partial charge in [0.15, 0.2) is 0 Å². The average Bonchev–Trinajstić information content (AvgIpc) is 2.26. The third-order valence-electron chi connectivity index (χ3n) is 2.57. The molecule has 1 aliphatic heterocycles.